The van der Waals surface area contributed by atoms with Gasteiger partial charge in [-0.2, -0.15) is 4.31 Å². The Morgan fingerprint density at radius 1 is 1.47 bits per heavy atom. The van der Waals surface area contributed by atoms with Crippen molar-refractivity contribution in [2.45, 2.75) is 39.2 Å². The van der Waals surface area contributed by atoms with Gasteiger partial charge in [0.15, 0.2) is 5.96 Å². The normalized spacial score (nSPS) is 22.7. The highest BCUT2D eigenvalue weighted by molar-refractivity contribution is 7.88. The fraction of sp³-hybridized carbons (Fsp3) is 0.917. The summed E-state index contributed by atoms with van der Waals surface area (Å²) in [6, 6.07) is -0.0171. The van der Waals surface area contributed by atoms with E-state index in [9.17, 15) is 8.42 Å². The van der Waals surface area contributed by atoms with E-state index in [0.717, 1.165) is 19.3 Å². The first-order valence-electron chi connectivity index (χ1n) is 6.81. The summed E-state index contributed by atoms with van der Waals surface area (Å²) in [6.45, 7) is 5.96. The van der Waals surface area contributed by atoms with E-state index in [1.165, 1.54) is 6.26 Å². The second kappa shape index (κ2) is 7.09. The maximum atomic E-state index is 11.7. The third-order valence-electron chi connectivity index (χ3n) is 3.14. The summed E-state index contributed by atoms with van der Waals surface area (Å²) in [5.74, 6) is 0.857. The van der Waals surface area contributed by atoms with Gasteiger partial charge in [-0.15, -0.1) is 0 Å². The summed E-state index contributed by atoms with van der Waals surface area (Å²) in [4.78, 5) is 4.21. The molecule has 1 heterocycles. The van der Waals surface area contributed by atoms with Crippen LogP contribution in [-0.2, 0) is 10.0 Å². The zero-order valence-corrected chi connectivity index (χ0v) is 12.9. The van der Waals surface area contributed by atoms with Crippen LogP contribution < -0.4 is 11.1 Å². The number of nitrogens with one attached hydrogen (secondary N) is 1. The average Bonchev–Trinajstić information content (AvgIpc) is 2.33. The highest BCUT2D eigenvalue weighted by Crippen LogP contribution is 2.19. The number of nitrogens with zero attached hydrogens (tertiary/aromatic N) is 2. The molecule has 0 spiro atoms. The van der Waals surface area contributed by atoms with Gasteiger partial charge in [0.05, 0.1) is 6.26 Å². The first kappa shape index (κ1) is 16.2. The second-order valence-corrected chi connectivity index (χ2v) is 7.46. The van der Waals surface area contributed by atoms with Crippen LogP contribution in [0.25, 0.3) is 0 Å². The van der Waals surface area contributed by atoms with Gasteiger partial charge >= 0.3 is 0 Å². The molecule has 0 aliphatic carbocycles. The van der Waals surface area contributed by atoms with Crippen LogP contribution in [0.4, 0.5) is 0 Å². The lowest BCUT2D eigenvalue weighted by Crippen LogP contribution is -2.50. The van der Waals surface area contributed by atoms with Crippen molar-refractivity contribution in [2.75, 3.05) is 25.9 Å². The number of rotatable bonds is 5. The number of hydrogen-bond acceptors (Lipinski definition) is 3. The quantitative estimate of drug-likeness (QED) is 0.565. The molecular weight excluding hydrogens is 264 g/mol. The number of piperidine rings is 1. The molecule has 1 aliphatic rings. The van der Waals surface area contributed by atoms with E-state index >= 15 is 0 Å². The number of nitrogens with two attached hydrogens (primary N) is 1. The molecule has 0 saturated carbocycles. The molecule has 1 atom stereocenters. The van der Waals surface area contributed by atoms with Gasteiger partial charge in [0.1, 0.15) is 0 Å². The fourth-order valence-electron chi connectivity index (χ4n) is 2.17. The highest BCUT2D eigenvalue weighted by Gasteiger charge is 2.29. The Labute approximate surface area is 116 Å². The van der Waals surface area contributed by atoms with Crippen LogP contribution in [0.5, 0.6) is 0 Å². The van der Waals surface area contributed by atoms with Crippen molar-refractivity contribution in [3.05, 3.63) is 0 Å². The number of guanidine groups is 1. The Bertz CT molecular complexity index is 406. The predicted molar refractivity (Wildman–Crippen MR) is 78.5 cm³/mol. The molecular formula is C12H26N4O2S. The largest absolute Gasteiger partial charge is 0.370 e. The summed E-state index contributed by atoms with van der Waals surface area (Å²) in [6.07, 6.45) is 4.13. The molecule has 0 radical (unpaired) electrons. The summed E-state index contributed by atoms with van der Waals surface area (Å²) >= 11 is 0. The van der Waals surface area contributed by atoms with Gasteiger partial charge in [-0.05, 0) is 18.8 Å². The van der Waals surface area contributed by atoms with E-state index in [1.807, 2.05) is 0 Å². The number of hydrogen-bond donors (Lipinski definition) is 2. The predicted octanol–water partition coefficient (Wildman–Crippen LogP) is 0.361. The minimum Gasteiger partial charge on any atom is -0.370 e. The lowest BCUT2D eigenvalue weighted by atomic mass is 10.1. The smallest absolute Gasteiger partial charge is 0.211 e. The van der Waals surface area contributed by atoms with E-state index in [4.69, 9.17) is 5.73 Å². The lowest BCUT2D eigenvalue weighted by molar-refractivity contribution is 0.254. The van der Waals surface area contributed by atoms with Gasteiger partial charge in [0.25, 0.3) is 0 Å². The standard InChI is InChI=1S/C12H26N4O2S/c1-10(2)8-14-12(13)15-9-11-6-4-5-7-16(11)19(3,17)18/h10-11H,4-9H2,1-3H3,(H3,13,14,15). The third kappa shape index (κ3) is 5.78. The Hall–Kier alpha value is -0.820. The molecule has 19 heavy (non-hydrogen) atoms. The molecule has 0 aromatic carbocycles. The van der Waals surface area contributed by atoms with E-state index in [0.29, 0.717) is 31.5 Å². The Kier molecular flexibility index (Phi) is 6.06. The van der Waals surface area contributed by atoms with E-state index in [2.05, 4.69) is 24.2 Å². The zero-order chi connectivity index (χ0) is 14.5. The van der Waals surface area contributed by atoms with Gasteiger partial charge in [-0.25, -0.2) is 8.42 Å². The van der Waals surface area contributed by atoms with E-state index < -0.39 is 10.0 Å². The maximum absolute atomic E-state index is 11.7. The molecule has 1 rings (SSSR count). The highest BCUT2D eigenvalue weighted by atomic mass is 32.2. The Morgan fingerprint density at radius 2 is 2.16 bits per heavy atom. The van der Waals surface area contributed by atoms with Gasteiger partial charge in [-0.3, -0.25) is 4.99 Å². The molecule has 1 unspecified atom stereocenters. The van der Waals surface area contributed by atoms with E-state index in [1.54, 1.807) is 4.31 Å². The van der Waals surface area contributed by atoms with Crippen molar-refractivity contribution in [2.24, 2.45) is 16.6 Å². The summed E-state index contributed by atoms with van der Waals surface area (Å²) in [5.41, 5.74) is 5.76. The maximum Gasteiger partial charge on any atom is 0.211 e. The summed E-state index contributed by atoms with van der Waals surface area (Å²) in [5, 5.41) is 3.03. The number of sulfonamides is 1. The van der Waals surface area contributed by atoms with Crippen LogP contribution in [0.3, 0.4) is 0 Å². The second-order valence-electron chi connectivity index (χ2n) is 5.52. The minimum absolute atomic E-state index is 0.0171. The van der Waals surface area contributed by atoms with Crippen LogP contribution in [0.1, 0.15) is 33.1 Å². The van der Waals surface area contributed by atoms with Gasteiger partial charge in [0.2, 0.25) is 10.0 Å². The van der Waals surface area contributed by atoms with Gasteiger partial charge in [0, 0.05) is 25.7 Å². The molecule has 0 bridgehead atoms. The van der Waals surface area contributed by atoms with Crippen molar-refractivity contribution in [3.63, 3.8) is 0 Å². The van der Waals surface area contributed by atoms with Crippen LogP contribution in [0.2, 0.25) is 0 Å². The molecule has 6 nitrogen and oxygen atoms in total. The molecule has 1 fully saturated rings. The van der Waals surface area contributed by atoms with Gasteiger partial charge < -0.3 is 11.1 Å². The molecule has 1 aliphatic heterocycles. The van der Waals surface area contributed by atoms with Crippen molar-refractivity contribution in [3.8, 4) is 0 Å². The van der Waals surface area contributed by atoms with Gasteiger partial charge in [-0.1, -0.05) is 20.3 Å². The summed E-state index contributed by atoms with van der Waals surface area (Å²) < 4.78 is 25.0. The molecule has 3 N–H and O–H groups in total. The Balaban J connectivity index is 2.52. The van der Waals surface area contributed by atoms with Crippen LogP contribution in [-0.4, -0.2) is 50.6 Å². The monoisotopic (exact) mass is 290 g/mol. The summed E-state index contributed by atoms with van der Waals surface area (Å²) in [7, 11) is -3.14. The van der Waals surface area contributed by atoms with Crippen molar-refractivity contribution in [1.29, 1.82) is 0 Å². The van der Waals surface area contributed by atoms with Crippen molar-refractivity contribution in [1.82, 2.24) is 9.62 Å². The van der Waals surface area contributed by atoms with Crippen LogP contribution in [0, 0.1) is 5.92 Å². The zero-order valence-electron chi connectivity index (χ0n) is 12.1. The SMILES string of the molecule is CC(C)CN=C(N)NCC1CCCCN1S(C)(=O)=O. The van der Waals surface area contributed by atoms with E-state index in [-0.39, 0.29) is 6.04 Å². The molecule has 7 heteroatoms. The fourth-order valence-corrected chi connectivity index (χ4v) is 3.36. The lowest BCUT2D eigenvalue weighted by Gasteiger charge is -2.33. The van der Waals surface area contributed by atoms with Crippen molar-refractivity contribution >= 4 is 16.0 Å². The first-order chi connectivity index (χ1) is 8.80. The number of aliphatic imine (C=N–C) groups is 1. The molecule has 112 valence electrons. The third-order valence-corrected chi connectivity index (χ3v) is 4.48. The molecule has 1 saturated heterocycles. The van der Waals surface area contributed by atoms with Crippen LogP contribution in [0.15, 0.2) is 4.99 Å². The Morgan fingerprint density at radius 3 is 2.74 bits per heavy atom. The van der Waals surface area contributed by atoms with Crippen molar-refractivity contribution < 1.29 is 8.42 Å². The first-order valence-corrected chi connectivity index (χ1v) is 8.66. The molecule has 0 aromatic heterocycles. The average molecular weight is 290 g/mol. The topological polar surface area (TPSA) is 87.8 Å². The molecule has 0 aromatic rings. The molecule has 0 amide bonds. The van der Waals surface area contributed by atoms with Crippen LogP contribution >= 0.6 is 0 Å². The minimum atomic E-state index is -3.14.